The van der Waals surface area contributed by atoms with E-state index in [0.717, 1.165) is 51.1 Å². The Morgan fingerprint density at radius 2 is 2.17 bits per heavy atom. The van der Waals surface area contributed by atoms with E-state index in [9.17, 15) is 4.79 Å². The van der Waals surface area contributed by atoms with E-state index in [4.69, 9.17) is 23.2 Å². The molecule has 2 heterocycles. The third-order valence-electron chi connectivity index (χ3n) is 5.58. The molecule has 2 saturated heterocycles. The lowest BCUT2D eigenvalue weighted by Gasteiger charge is -2.34. The van der Waals surface area contributed by atoms with Gasteiger partial charge in [-0.15, -0.1) is 35.0 Å². The highest BCUT2D eigenvalue weighted by Gasteiger charge is 2.39. The zero-order valence-corrected chi connectivity index (χ0v) is 16.7. The smallest absolute Gasteiger partial charge is 0.224 e. The van der Waals surface area contributed by atoms with Crippen LogP contribution in [0.4, 0.5) is 0 Å². The lowest BCUT2D eigenvalue weighted by atomic mass is 9.88. The van der Waals surface area contributed by atoms with Gasteiger partial charge < -0.3 is 15.5 Å². The molecule has 4 nitrogen and oxygen atoms in total. The van der Waals surface area contributed by atoms with Crippen molar-refractivity contribution in [2.24, 2.45) is 11.8 Å². The van der Waals surface area contributed by atoms with Gasteiger partial charge in [0.15, 0.2) is 0 Å². The summed E-state index contributed by atoms with van der Waals surface area (Å²) in [6.07, 6.45) is 4.78. The first-order valence-electron chi connectivity index (χ1n) is 9.15. The molecule has 0 spiro atoms. The van der Waals surface area contributed by atoms with Crippen molar-refractivity contribution in [1.82, 2.24) is 15.5 Å². The van der Waals surface area contributed by atoms with Crippen LogP contribution in [0, 0.1) is 11.8 Å². The van der Waals surface area contributed by atoms with E-state index in [0.29, 0.717) is 29.5 Å². The normalized spacial score (nSPS) is 40.2. The predicted octanol–water partition coefficient (Wildman–Crippen LogP) is 2.49. The van der Waals surface area contributed by atoms with Gasteiger partial charge in [-0.25, -0.2) is 0 Å². The first-order valence-corrected chi connectivity index (χ1v) is 11.1. The molecule has 3 aliphatic rings. The minimum absolute atomic E-state index is 0.154. The molecular formula is C17H29Cl2N3OS. The highest BCUT2D eigenvalue weighted by atomic mass is 35.5. The maximum absolute atomic E-state index is 12.6. The third kappa shape index (κ3) is 4.73. The molecular weight excluding hydrogens is 365 g/mol. The van der Waals surface area contributed by atoms with Crippen LogP contribution in [-0.2, 0) is 4.79 Å². The first kappa shape index (κ1) is 19.1. The van der Waals surface area contributed by atoms with Gasteiger partial charge in [0.05, 0.1) is 5.37 Å². The van der Waals surface area contributed by atoms with Gasteiger partial charge in [-0.05, 0) is 45.2 Å². The van der Waals surface area contributed by atoms with Gasteiger partial charge in [0.2, 0.25) is 5.91 Å². The molecule has 0 aromatic carbocycles. The standard InChI is InChI=1S/C17H29Cl2N3OS/c1-20-8-11-4-5-22(9-11)16(23)7-13-10-24-17(21-13)14-3-2-12(18)6-15(14)19/h11-15,17,20-21H,2-10H2,1H3. The molecule has 138 valence electrons. The Bertz CT molecular complexity index is 442. The molecule has 0 radical (unpaired) electrons. The Morgan fingerprint density at radius 3 is 2.92 bits per heavy atom. The van der Waals surface area contributed by atoms with Crippen LogP contribution in [0.25, 0.3) is 0 Å². The Labute approximate surface area is 159 Å². The van der Waals surface area contributed by atoms with Crippen LogP contribution in [0.3, 0.4) is 0 Å². The summed E-state index contributed by atoms with van der Waals surface area (Å²) >= 11 is 14.7. The molecule has 2 aliphatic heterocycles. The minimum atomic E-state index is 0.154. The van der Waals surface area contributed by atoms with Gasteiger partial charge in [-0.2, -0.15) is 0 Å². The number of thioether (sulfide) groups is 1. The van der Waals surface area contributed by atoms with E-state index in [2.05, 4.69) is 10.6 Å². The fraction of sp³-hybridized carbons (Fsp3) is 0.941. The highest BCUT2D eigenvalue weighted by Crippen LogP contribution is 2.39. The zero-order chi connectivity index (χ0) is 17.1. The van der Waals surface area contributed by atoms with Crippen LogP contribution < -0.4 is 10.6 Å². The second-order valence-electron chi connectivity index (χ2n) is 7.46. The van der Waals surface area contributed by atoms with Gasteiger partial charge in [-0.3, -0.25) is 4.79 Å². The molecule has 1 aliphatic carbocycles. The second kappa shape index (κ2) is 8.81. The molecule has 7 heteroatoms. The van der Waals surface area contributed by atoms with Crippen molar-refractivity contribution in [3.63, 3.8) is 0 Å². The molecule has 2 N–H and O–H groups in total. The Balaban J connectivity index is 1.44. The topological polar surface area (TPSA) is 44.4 Å². The van der Waals surface area contributed by atoms with E-state index in [-0.39, 0.29) is 16.8 Å². The van der Waals surface area contributed by atoms with Crippen molar-refractivity contribution in [2.45, 2.75) is 54.3 Å². The van der Waals surface area contributed by atoms with E-state index < -0.39 is 0 Å². The van der Waals surface area contributed by atoms with Gasteiger partial charge in [0.1, 0.15) is 0 Å². The number of hydrogen-bond acceptors (Lipinski definition) is 4. The van der Waals surface area contributed by atoms with E-state index >= 15 is 0 Å². The summed E-state index contributed by atoms with van der Waals surface area (Å²) in [4.78, 5) is 14.6. The molecule has 0 aromatic rings. The SMILES string of the molecule is CNCC1CCN(C(=O)CC2CSC(C3CCC(Cl)CC3Cl)N2)C1. The summed E-state index contributed by atoms with van der Waals surface area (Å²) in [6.45, 7) is 2.83. The van der Waals surface area contributed by atoms with Crippen LogP contribution in [0.1, 0.15) is 32.1 Å². The molecule has 24 heavy (non-hydrogen) atoms. The highest BCUT2D eigenvalue weighted by molar-refractivity contribution is 8.00. The van der Waals surface area contributed by atoms with E-state index in [1.807, 2.05) is 23.7 Å². The summed E-state index contributed by atoms with van der Waals surface area (Å²) in [5.74, 6) is 2.40. The molecule has 3 rings (SSSR count). The Hall–Kier alpha value is 0.320. The average Bonchev–Trinajstić information content (AvgIpc) is 3.17. The van der Waals surface area contributed by atoms with Crippen molar-refractivity contribution in [3.8, 4) is 0 Å². The number of nitrogens with one attached hydrogen (secondary N) is 2. The maximum Gasteiger partial charge on any atom is 0.224 e. The van der Waals surface area contributed by atoms with Gasteiger partial charge in [-0.1, -0.05) is 0 Å². The van der Waals surface area contributed by atoms with Gasteiger partial charge in [0.25, 0.3) is 0 Å². The van der Waals surface area contributed by atoms with Crippen LogP contribution in [0.2, 0.25) is 0 Å². The second-order valence-corrected chi connectivity index (χ2v) is 9.82. The van der Waals surface area contributed by atoms with Gasteiger partial charge in [0, 0.05) is 48.0 Å². The lowest BCUT2D eigenvalue weighted by molar-refractivity contribution is -0.130. The summed E-state index contributed by atoms with van der Waals surface area (Å²) in [7, 11) is 1.98. The van der Waals surface area contributed by atoms with Crippen LogP contribution in [0.5, 0.6) is 0 Å². The van der Waals surface area contributed by atoms with Crippen molar-refractivity contribution in [1.29, 1.82) is 0 Å². The number of carbonyl (C=O) groups excluding carboxylic acids is 1. The largest absolute Gasteiger partial charge is 0.342 e. The molecule has 0 aromatic heterocycles. The fourth-order valence-corrected chi connectivity index (χ4v) is 6.70. The van der Waals surface area contributed by atoms with Crippen LogP contribution >= 0.6 is 35.0 Å². The summed E-state index contributed by atoms with van der Waals surface area (Å²) in [5, 5.41) is 7.65. The number of amides is 1. The molecule has 1 saturated carbocycles. The summed E-state index contributed by atoms with van der Waals surface area (Å²) in [6, 6.07) is 0.286. The fourth-order valence-electron chi connectivity index (χ4n) is 4.20. The molecule has 6 atom stereocenters. The minimum Gasteiger partial charge on any atom is -0.342 e. The van der Waals surface area contributed by atoms with E-state index in [1.165, 1.54) is 0 Å². The number of rotatable bonds is 5. The van der Waals surface area contributed by atoms with Crippen molar-refractivity contribution in [3.05, 3.63) is 0 Å². The third-order valence-corrected chi connectivity index (χ3v) is 7.91. The number of carbonyl (C=O) groups is 1. The monoisotopic (exact) mass is 393 g/mol. The molecule has 6 unspecified atom stereocenters. The van der Waals surface area contributed by atoms with E-state index in [1.54, 1.807) is 0 Å². The number of alkyl halides is 2. The summed E-state index contributed by atoms with van der Waals surface area (Å²) < 4.78 is 0. The van der Waals surface area contributed by atoms with Crippen molar-refractivity contribution >= 4 is 40.9 Å². The maximum atomic E-state index is 12.6. The number of likely N-dealkylation sites (tertiary alicyclic amines) is 1. The lowest BCUT2D eigenvalue weighted by Crippen LogP contribution is -2.43. The Morgan fingerprint density at radius 1 is 1.33 bits per heavy atom. The summed E-state index contributed by atoms with van der Waals surface area (Å²) in [5.41, 5.74) is 0. The Kier molecular flexibility index (Phi) is 7.01. The molecule has 1 amide bonds. The number of halogens is 2. The average molecular weight is 394 g/mol. The molecule has 0 bridgehead atoms. The van der Waals surface area contributed by atoms with Crippen LogP contribution in [0.15, 0.2) is 0 Å². The van der Waals surface area contributed by atoms with Crippen LogP contribution in [-0.4, -0.2) is 65.4 Å². The van der Waals surface area contributed by atoms with Crippen molar-refractivity contribution in [2.75, 3.05) is 32.4 Å². The number of nitrogens with zero attached hydrogens (tertiary/aromatic N) is 1. The first-order chi connectivity index (χ1) is 11.6. The quantitative estimate of drug-likeness (QED) is 0.704. The van der Waals surface area contributed by atoms with Crippen molar-refractivity contribution < 1.29 is 4.79 Å². The zero-order valence-electron chi connectivity index (χ0n) is 14.3. The predicted molar refractivity (Wildman–Crippen MR) is 103 cm³/mol. The molecule has 3 fully saturated rings. The van der Waals surface area contributed by atoms with Gasteiger partial charge >= 0.3 is 0 Å². The number of hydrogen-bond donors (Lipinski definition) is 2.